The van der Waals surface area contributed by atoms with Gasteiger partial charge in [0.15, 0.2) is 17.5 Å². The first-order valence-corrected chi connectivity index (χ1v) is 11.2. The first kappa shape index (κ1) is 22.3. The molecule has 0 saturated carbocycles. The number of hydrogen-bond acceptors (Lipinski definition) is 6. The van der Waals surface area contributed by atoms with E-state index in [0.717, 1.165) is 29.1 Å². The summed E-state index contributed by atoms with van der Waals surface area (Å²) in [7, 11) is -4.09. The van der Waals surface area contributed by atoms with E-state index in [4.69, 9.17) is 4.74 Å². The van der Waals surface area contributed by atoms with Crippen LogP contribution in [0.5, 0.6) is 11.6 Å². The number of rotatable bonds is 6. The van der Waals surface area contributed by atoms with Crippen molar-refractivity contribution < 1.29 is 21.9 Å². The lowest BCUT2D eigenvalue weighted by Crippen LogP contribution is -2.13. The molecule has 1 N–H and O–H groups in total. The average molecular weight is 471 g/mol. The Bertz CT molecular complexity index is 1440. The molecule has 4 rings (SSSR count). The number of nitrogens with zero attached hydrogens (tertiary/aromatic N) is 4. The minimum absolute atomic E-state index is 0.216. The largest absolute Gasteiger partial charge is 0.439 e. The summed E-state index contributed by atoms with van der Waals surface area (Å²) >= 11 is 0. The van der Waals surface area contributed by atoms with Gasteiger partial charge in [-0.2, -0.15) is 5.10 Å². The van der Waals surface area contributed by atoms with E-state index < -0.39 is 26.6 Å². The van der Waals surface area contributed by atoms with Gasteiger partial charge < -0.3 is 4.74 Å². The zero-order valence-electron chi connectivity index (χ0n) is 17.9. The smallest absolute Gasteiger partial charge is 0.261 e. The van der Waals surface area contributed by atoms with Crippen LogP contribution in [0, 0.1) is 32.4 Å². The molecular weight excluding hydrogens is 452 g/mol. The lowest BCUT2D eigenvalue weighted by molar-refractivity contribution is 0.460. The summed E-state index contributed by atoms with van der Waals surface area (Å²) < 4.78 is 61.1. The molecule has 0 spiro atoms. The van der Waals surface area contributed by atoms with Crippen LogP contribution < -0.4 is 9.46 Å². The molecule has 33 heavy (non-hydrogen) atoms. The van der Waals surface area contributed by atoms with Crippen molar-refractivity contribution in [3.63, 3.8) is 0 Å². The zero-order chi connectivity index (χ0) is 23.8. The predicted molar refractivity (Wildman–Crippen MR) is 117 cm³/mol. The molecule has 2 heterocycles. The third-order valence-corrected chi connectivity index (χ3v) is 6.41. The van der Waals surface area contributed by atoms with E-state index in [1.807, 2.05) is 20.8 Å². The summed E-state index contributed by atoms with van der Waals surface area (Å²) in [5.74, 6) is -1.15. The average Bonchev–Trinajstić information content (AvgIpc) is 3.04. The van der Waals surface area contributed by atoms with Gasteiger partial charge in [-0.15, -0.1) is 0 Å². The molecule has 0 aliphatic rings. The fourth-order valence-corrected chi connectivity index (χ4v) is 4.09. The summed E-state index contributed by atoms with van der Waals surface area (Å²) in [6, 6.07) is 10.0. The monoisotopic (exact) mass is 471 g/mol. The van der Waals surface area contributed by atoms with Crippen LogP contribution in [-0.4, -0.2) is 28.2 Å². The van der Waals surface area contributed by atoms with Gasteiger partial charge in [-0.25, -0.2) is 31.8 Å². The fraction of sp³-hybridized carbons (Fsp3) is 0.136. The number of ether oxygens (including phenoxy) is 1. The van der Waals surface area contributed by atoms with Crippen LogP contribution in [0.3, 0.4) is 0 Å². The van der Waals surface area contributed by atoms with Crippen molar-refractivity contribution in [3.8, 4) is 17.4 Å². The second-order valence-corrected chi connectivity index (χ2v) is 8.91. The predicted octanol–water partition coefficient (Wildman–Crippen LogP) is 4.46. The second kappa shape index (κ2) is 8.58. The second-order valence-electron chi connectivity index (χ2n) is 7.23. The number of benzene rings is 2. The van der Waals surface area contributed by atoms with E-state index >= 15 is 0 Å². The van der Waals surface area contributed by atoms with Crippen molar-refractivity contribution in [3.05, 3.63) is 83.4 Å². The maximum atomic E-state index is 13.4. The van der Waals surface area contributed by atoms with Gasteiger partial charge in [0.25, 0.3) is 10.0 Å². The number of aryl methyl sites for hydroxylation is 1. The molecule has 0 radical (unpaired) electrons. The first-order valence-electron chi connectivity index (χ1n) is 9.75. The van der Waals surface area contributed by atoms with E-state index in [1.165, 1.54) is 18.5 Å². The maximum absolute atomic E-state index is 13.4. The normalized spacial score (nSPS) is 11.4. The van der Waals surface area contributed by atoms with E-state index in [9.17, 15) is 17.2 Å². The topological polar surface area (TPSA) is 99.0 Å². The Morgan fingerprint density at radius 1 is 0.939 bits per heavy atom. The third kappa shape index (κ3) is 4.67. The molecule has 4 aromatic rings. The Hall–Kier alpha value is -3.86. The molecule has 11 heteroatoms. The minimum Gasteiger partial charge on any atom is -0.439 e. The molecule has 2 aromatic heterocycles. The SMILES string of the molecule is Cc1nn(-c2cc(Oc3ccc(NS(=O)(=O)c4ccc(F)c(F)c4)cc3)ncn2)c(C)c1C. The Morgan fingerprint density at radius 2 is 1.67 bits per heavy atom. The van der Waals surface area contributed by atoms with Gasteiger partial charge >= 0.3 is 0 Å². The van der Waals surface area contributed by atoms with Gasteiger partial charge in [0.2, 0.25) is 5.88 Å². The summed E-state index contributed by atoms with van der Waals surface area (Å²) in [5.41, 5.74) is 3.14. The summed E-state index contributed by atoms with van der Waals surface area (Å²) in [6.45, 7) is 5.84. The van der Waals surface area contributed by atoms with Crippen molar-refractivity contribution in [1.29, 1.82) is 0 Å². The number of nitrogens with one attached hydrogen (secondary N) is 1. The highest BCUT2D eigenvalue weighted by Gasteiger charge is 2.17. The standard InChI is InChI=1S/C22H19F2N5O3S/c1-13-14(2)27-29(15(13)3)21-11-22(26-12-25-21)32-17-6-4-16(5-7-17)28-33(30,31)18-8-9-19(23)20(24)10-18/h4-12,28H,1-3H3. The molecule has 0 fully saturated rings. The Kier molecular flexibility index (Phi) is 5.81. The summed E-state index contributed by atoms with van der Waals surface area (Å²) in [5, 5.41) is 4.47. The maximum Gasteiger partial charge on any atom is 0.261 e. The number of sulfonamides is 1. The van der Waals surface area contributed by atoms with Gasteiger partial charge in [-0.05, 0) is 68.8 Å². The van der Waals surface area contributed by atoms with E-state index in [2.05, 4.69) is 19.8 Å². The van der Waals surface area contributed by atoms with Crippen molar-refractivity contribution in [2.24, 2.45) is 0 Å². The third-order valence-electron chi connectivity index (χ3n) is 5.03. The van der Waals surface area contributed by atoms with Gasteiger partial charge in [0.1, 0.15) is 12.1 Å². The van der Waals surface area contributed by atoms with Crippen LogP contribution in [0.15, 0.2) is 59.8 Å². The van der Waals surface area contributed by atoms with Crippen LogP contribution >= 0.6 is 0 Å². The number of halogens is 2. The lowest BCUT2D eigenvalue weighted by Gasteiger charge is -2.10. The van der Waals surface area contributed by atoms with Crippen molar-refractivity contribution >= 4 is 15.7 Å². The molecule has 0 amide bonds. The zero-order valence-corrected chi connectivity index (χ0v) is 18.7. The Labute approximate surface area is 188 Å². The minimum atomic E-state index is -4.09. The van der Waals surface area contributed by atoms with Crippen molar-refractivity contribution in [2.75, 3.05) is 4.72 Å². The molecule has 2 aromatic carbocycles. The Morgan fingerprint density at radius 3 is 2.30 bits per heavy atom. The summed E-state index contributed by atoms with van der Waals surface area (Å²) in [6.07, 6.45) is 1.36. The molecule has 0 saturated heterocycles. The molecule has 0 atom stereocenters. The van der Waals surface area contributed by atoms with Crippen LogP contribution in [0.4, 0.5) is 14.5 Å². The molecule has 170 valence electrons. The molecule has 0 bridgehead atoms. The van der Waals surface area contributed by atoms with Gasteiger partial charge in [0.05, 0.1) is 10.6 Å². The van der Waals surface area contributed by atoms with E-state index in [1.54, 1.807) is 22.9 Å². The number of aromatic nitrogens is 4. The highest BCUT2D eigenvalue weighted by molar-refractivity contribution is 7.92. The van der Waals surface area contributed by atoms with Gasteiger partial charge in [0, 0.05) is 17.4 Å². The fourth-order valence-electron chi connectivity index (χ4n) is 3.02. The van der Waals surface area contributed by atoms with E-state index in [-0.39, 0.29) is 11.6 Å². The van der Waals surface area contributed by atoms with Gasteiger partial charge in [-0.3, -0.25) is 4.72 Å². The van der Waals surface area contributed by atoms with Crippen LogP contribution in [0.25, 0.3) is 5.82 Å². The van der Waals surface area contributed by atoms with E-state index in [0.29, 0.717) is 17.6 Å². The Balaban J connectivity index is 1.50. The van der Waals surface area contributed by atoms with Crippen LogP contribution in [0.2, 0.25) is 0 Å². The van der Waals surface area contributed by atoms with Crippen molar-refractivity contribution in [2.45, 2.75) is 25.7 Å². The number of anilines is 1. The highest BCUT2D eigenvalue weighted by Crippen LogP contribution is 2.25. The molecular formula is C22H19F2N5O3S. The molecule has 0 unspecified atom stereocenters. The van der Waals surface area contributed by atoms with Gasteiger partial charge in [-0.1, -0.05) is 0 Å². The molecule has 0 aliphatic carbocycles. The van der Waals surface area contributed by atoms with Crippen molar-refractivity contribution in [1.82, 2.24) is 19.7 Å². The lowest BCUT2D eigenvalue weighted by atomic mass is 10.2. The van der Waals surface area contributed by atoms with Crippen LogP contribution in [0.1, 0.15) is 17.0 Å². The van der Waals surface area contributed by atoms with Crippen LogP contribution in [-0.2, 0) is 10.0 Å². The highest BCUT2D eigenvalue weighted by atomic mass is 32.2. The quantitative estimate of drug-likeness (QED) is 0.446. The molecule has 0 aliphatic heterocycles. The number of hydrogen-bond donors (Lipinski definition) is 1. The first-order chi connectivity index (χ1) is 15.6. The summed E-state index contributed by atoms with van der Waals surface area (Å²) in [4.78, 5) is 7.95. The molecule has 8 nitrogen and oxygen atoms in total.